The second kappa shape index (κ2) is 5.91. The van der Waals surface area contributed by atoms with Crippen molar-refractivity contribution in [2.24, 2.45) is 5.73 Å². The van der Waals surface area contributed by atoms with Gasteiger partial charge in [-0.15, -0.1) is 10.2 Å². The molecular weight excluding hydrogens is 248 g/mol. The van der Waals surface area contributed by atoms with Gasteiger partial charge in [-0.3, -0.25) is 10.1 Å². The standard InChI is InChI=1S/C12H10N4OS/c13-7-3-5-9-4-1-2-6-10(9)11(17)15-12-16-14-8-18-12/h1-2,4,6,8H,7,13H2,(H,15,16,17). The number of carbonyl (C=O) groups excluding carboxylic acids is 1. The van der Waals surface area contributed by atoms with Crippen molar-refractivity contribution < 1.29 is 4.79 Å². The van der Waals surface area contributed by atoms with Crippen LogP contribution in [0.3, 0.4) is 0 Å². The van der Waals surface area contributed by atoms with Gasteiger partial charge in [-0.1, -0.05) is 35.3 Å². The van der Waals surface area contributed by atoms with E-state index in [1.165, 1.54) is 11.3 Å². The molecule has 1 aromatic heterocycles. The van der Waals surface area contributed by atoms with Crippen LogP contribution in [0.15, 0.2) is 29.8 Å². The lowest BCUT2D eigenvalue weighted by molar-refractivity contribution is 0.102. The van der Waals surface area contributed by atoms with Crippen LogP contribution in [0.5, 0.6) is 0 Å². The predicted octanol–water partition coefficient (Wildman–Crippen LogP) is 1.10. The Labute approximate surface area is 108 Å². The van der Waals surface area contributed by atoms with Crippen LogP contribution in [0, 0.1) is 11.8 Å². The molecule has 1 aromatic carbocycles. The van der Waals surface area contributed by atoms with Crippen molar-refractivity contribution in [3.63, 3.8) is 0 Å². The number of anilines is 1. The topological polar surface area (TPSA) is 80.9 Å². The molecule has 0 saturated heterocycles. The summed E-state index contributed by atoms with van der Waals surface area (Å²) < 4.78 is 0. The maximum atomic E-state index is 12.0. The van der Waals surface area contributed by atoms with Gasteiger partial charge in [0.25, 0.3) is 5.91 Å². The van der Waals surface area contributed by atoms with Gasteiger partial charge < -0.3 is 5.73 Å². The normalized spacial score (nSPS) is 9.39. The van der Waals surface area contributed by atoms with Gasteiger partial charge >= 0.3 is 0 Å². The number of aromatic nitrogens is 2. The van der Waals surface area contributed by atoms with Gasteiger partial charge in [0.15, 0.2) is 0 Å². The van der Waals surface area contributed by atoms with E-state index in [1.807, 2.05) is 6.07 Å². The molecule has 2 rings (SSSR count). The van der Waals surface area contributed by atoms with E-state index < -0.39 is 0 Å². The molecule has 0 aliphatic carbocycles. The monoisotopic (exact) mass is 258 g/mol. The number of carbonyl (C=O) groups is 1. The number of hydrogen-bond donors (Lipinski definition) is 2. The minimum absolute atomic E-state index is 0.256. The number of rotatable bonds is 2. The molecule has 3 N–H and O–H groups in total. The van der Waals surface area contributed by atoms with Gasteiger partial charge in [0.1, 0.15) is 5.51 Å². The summed E-state index contributed by atoms with van der Waals surface area (Å²) in [5.41, 5.74) is 8.01. The quantitative estimate of drug-likeness (QED) is 0.790. The summed E-state index contributed by atoms with van der Waals surface area (Å²) in [7, 11) is 0. The second-order valence-electron chi connectivity index (χ2n) is 3.25. The fourth-order valence-corrected chi connectivity index (χ4v) is 1.77. The highest BCUT2D eigenvalue weighted by Gasteiger charge is 2.11. The zero-order chi connectivity index (χ0) is 12.8. The molecule has 1 heterocycles. The van der Waals surface area contributed by atoms with Crippen LogP contribution in [-0.2, 0) is 0 Å². The number of nitrogens with two attached hydrogens (primary N) is 1. The van der Waals surface area contributed by atoms with Crippen molar-refractivity contribution in [1.82, 2.24) is 10.2 Å². The van der Waals surface area contributed by atoms with E-state index in [0.717, 1.165) is 0 Å². The van der Waals surface area contributed by atoms with E-state index in [1.54, 1.807) is 23.7 Å². The molecule has 0 aliphatic rings. The molecular formula is C12H10N4OS. The average Bonchev–Trinajstić information content (AvgIpc) is 2.89. The van der Waals surface area contributed by atoms with Crippen molar-refractivity contribution in [3.05, 3.63) is 40.9 Å². The molecule has 0 atom stereocenters. The van der Waals surface area contributed by atoms with Gasteiger partial charge in [-0.25, -0.2) is 0 Å². The van der Waals surface area contributed by atoms with Crippen LogP contribution in [-0.4, -0.2) is 22.6 Å². The number of benzene rings is 1. The Kier molecular flexibility index (Phi) is 4.02. The molecule has 0 spiro atoms. The Morgan fingerprint density at radius 3 is 3.00 bits per heavy atom. The first-order chi connectivity index (χ1) is 8.81. The van der Waals surface area contributed by atoms with Gasteiger partial charge in [-0.2, -0.15) is 0 Å². The fraction of sp³-hybridized carbons (Fsp3) is 0.0833. The van der Waals surface area contributed by atoms with E-state index >= 15 is 0 Å². The Bertz CT molecular complexity index is 598. The molecule has 90 valence electrons. The predicted molar refractivity (Wildman–Crippen MR) is 70.2 cm³/mol. The van der Waals surface area contributed by atoms with Crippen LogP contribution in [0.1, 0.15) is 15.9 Å². The Hall–Kier alpha value is -2.23. The highest BCUT2D eigenvalue weighted by atomic mass is 32.1. The first-order valence-corrected chi connectivity index (χ1v) is 6.04. The molecule has 0 unspecified atom stereocenters. The summed E-state index contributed by atoms with van der Waals surface area (Å²) >= 11 is 1.26. The lowest BCUT2D eigenvalue weighted by Crippen LogP contribution is -2.13. The third-order valence-electron chi connectivity index (χ3n) is 2.08. The maximum Gasteiger partial charge on any atom is 0.258 e. The highest BCUT2D eigenvalue weighted by molar-refractivity contribution is 7.13. The third-order valence-corrected chi connectivity index (χ3v) is 2.68. The Balaban J connectivity index is 2.24. The Morgan fingerprint density at radius 2 is 2.28 bits per heavy atom. The first kappa shape index (κ1) is 12.2. The molecule has 1 amide bonds. The molecule has 0 saturated carbocycles. The van der Waals surface area contributed by atoms with Crippen molar-refractivity contribution in [3.8, 4) is 11.8 Å². The SMILES string of the molecule is NCC#Cc1ccccc1C(=O)Nc1nncs1. The lowest BCUT2D eigenvalue weighted by atomic mass is 10.1. The van der Waals surface area contributed by atoms with E-state index in [9.17, 15) is 4.79 Å². The minimum atomic E-state index is -0.256. The zero-order valence-electron chi connectivity index (χ0n) is 9.38. The van der Waals surface area contributed by atoms with Crippen LogP contribution in [0.2, 0.25) is 0 Å². The summed E-state index contributed by atoms with van der Waals surface area (Å²) in [5.74, 6) is 5.34. The highest BCUT2D eigenvalue weighted by Crippen LogP contribution is 2.13. The molecule has 2 aromatic rings. The summed E-state index contributed by atoms with van der Waals surface area (Å²) in [6.45, 7) is 0.256. The average molecular weight is 258 g/mol. The van der Waals surface area contributed by atoms with Crippen LogP contribution < -0.4 is 11.1 Å². The summed E-state index contributed by atoms with van der Waals surface area (Å²) in [6, 6.07) is 7.08. The van der Waals surface area contributed by atoms with Crippen LogP contribution >= 0.6 is 11.3 Å². The molecule has 0 radical (unpaired) electrons. The van der Waals surface area contributed by atoms with Gasteiger partial charge in [0.05, 0.1) is 12.1 Å². The fourth-order valence-electron chi connectivity index (χ4n) is 1.33. The zero-order valence-corrected chi connectivity index (χ0v) is 10.2. The minimum Gasteiger partial charge on any atom is -0.320 e. The van der Waals surface area contributed by atoms with E-state index in [-0.39, 0.29) is 12.5 Å². The van der Waals surface area contributed by atoms with Gasteiger partial charge in [-0.05, 0) is 12.1 Å². The summed E-state index contributed by atoms with van der Waals surface area (Å²) in [6.07, 6.45) is 0. The first-order valence-electron chi connectivity index (χ1n) is 5.16. The van der Waals surface area contributed by atoms with Crippen LogP contribution in [0.25, 0.3) is 0 Å². The molecule has 0 bridgehead atoms. The number of amides is 1. The summed E-state index contributed by atoms with van der Waals surface area (Å²) in [5, 5.41) is 10.5. The molecule has 6 heteroatoms. The van der Waals surface area contributed by atoms with Gasteiger partial charge in [0.2, 0.25) is 5.13 Å². The van der Waals surface area contributed by atoms with Crippen LogP contribution in [0.4, 0.5) is 5.13 Å². The van der Waals surface area contributed by atoms with Crippen molar-refractivity contribution in [1.29, 1.82) is 0 Å². The molecule has 5 nitrogen and oxygen atoms in total. The second-order valence-corrected chi connectivity index (χ2v) is 4.08. The van der Waals surface area contributed by atoms with Crippen molar-refractivity contribution in [2.45, 2.75) is 0 Å². The molecule has 0 fully saturated rings. The van der Waals surface area contributed by atoms with E-state index in [4.69, 9.17) is 5.73 Å². The molecule has 0 aliphatic heterocycles. The van der Waals surface area contributed by atoms with Crippen molar-refractivity contribution in [2.75, 3.05) is 11.9 Å². The number of nitrogens with zero attached hydrogens (tertiary/aromatic N) is 2. The Morgan fingerprint density at radius 1 is 1.44 bits per heavy atom. The lowest BCUT2D eigenvalue weighted by Gasteiger charge is -2.03. The summed E-state index contributed by atoms with van der Waals surface area (Å²) in [4.78, 5) is 12.0. The van der Waals surface area contributed by atoms with Gasteiger partial charge in [0, 0.05) is 5.56 Å². The van der Waals surface area contributed by atoms with E-state index in [2.05, 4.69) is 27.4 Å². The number of hydrogen-bond acceptors (Lipinski definition) is 5. The largest absolute Gasteiger partial charge is 0.320 e. The maximum absolute atomic E-state index is 12.0. The van der Waals surface area contributed by atoms with E-state index in [0.29, 0.717) is 16.3 Å². The smallest absolute Gasteiger partial charge is 0.258 e. The molecule has 18 heavy (non-hydrogen) atoms. The number of nitrogens with one attached hydrogen (secondary N) is 1. The van der Waals surface area contributed by atoms with Crippen molar-refractivity contribution >= 4 is 22.4 Å². The third kappa shape index (κ3) is 2.91.